The smallest absolute Gasteiger partial charge is 0.290 e. The summed E-state index contributed by atoms with van der Waals surface area (Å²) in [5.41, 5.74) is 0. The fraction of sp³-hybridized carbons (Fsp3) is 0.471. The van der Waals surface area contributed by atoms with E-state index in [4.69, 9.17) is 9.15 Å². The van der Waals surface area contributed by atoms with E-state index >= 15 is 0 Å². The van der Waals surface area contributed by atoms with Gasteiger partial charge in [0.25, 0.3) is 5.91 Å². The average Bonchev–Trinajstić information content (AvgIpc) is 3.12. The van der Waals surface area contributed by atoms with Crippen molar-refractivity contribution in [2.24, 2.45) is 0 Å². The Bertz CT molecular complexity index is 700. The van der Waals surface area contributed by atoms with Crippen LogP contribution in [0, 0.1) is 0 Å². The van der Waals surface area contributed by atoms with Crippen molar-refractivity contribution < 1.29 is 13.9 Å². The number of morpholine rings is 1. The fourth-order valence-electron chi connectivity index (χ4n) is 2.98. The maximum Gasteiger partial charge on any atom is 0.290 e. The Morgan fingerprint density at radius 2 is 2.25 bits per heavy atom. The number of hydrogen-bond donors (Lipinski definition) is 1. The highest BCUT2D eigenvalue weighted by Crippen LogP contribution is 2.26. The first-order chi connectivity index (χ1) is 11.8. The molecule has 1 aliphatic carbocycles. The van der Waals surface area contributed by atoms with Gasteiger partial charge >= 0.3 is 0 Å². The summed E-state index contributed by atoms with van der Waals surface area (Å²) in [7, 11) is 0. The minimum atomic E-state index is -0.306. The zero-order valence-electron chi connectivity index (χ0n) is 13.4. The van der Waals surface area contributed by atoms with Gasteiger partial charge in [0.05, 0.1) is 19.5 Å². The van der Waals surface area contributed by atoms with E-state index < -0.39 is 0 Å². The Morgan fingerprint density at radius 3 is 3.00 bits per heavy atom. The zero-order chi connectivity index (χ0) is 16.4. The molecule has 1 N–H and O–H groups in total. The van der Waals surface area contributed by atoms with Crippen LogP contribution in [0.1, 0.15) is 41.7 Å². The maximum absolute atomic E-state index is 12.7. The van der Waals surface area contributed by atoms with E-state index in [-0.39, 0.29) is 11.9 Å². The molecule has 4 rings (SSSR count). The van der Waals surface area contributed by atoms with E-state index in [9.17, 15) is 4.79 Å². The van der Waals surface area contributed by atoms with Gasteiger partial charge in [-0.25, -0.2) is 9.97 Å². The number of nitrogens with zero attached hydrogens (tertiary/aromatic N) is 3. The number of rotatable bonds is 4. The number of anilines is 1. The molecular weight excluding hydrogens is 308 g/mol. The third-order valence-corrected chi connectivity index (χ3v) is 4.55. The third kappa shape index (κ3) is 2.99. The van der Waals surface area contributed by atoms with Gasteiger partial charge in [-0.15, -0.1) is 0 Å². The summed E-state index contributed by atoms with van der Waals surface area (Å²) in [6, 6.07) is 5.44. The number of carbonyl (C=O) groups excluding carboxylic acids is 1. The van der Waals surface area contributed by atoms with Gasteiger partial charge in [-0.2, -0.15) is 0 Å². The van der Waals surface area contributed by atoms with Crippen molar-refractivity contribution in [1.82, 2.24) is 14.9 Å². The van der Waals surface area contributed by atoms with Crippen LogP contribution in [0.25, 0.3) is 0 Å². The Morgan fingerprint density at radius 1 is 1.33 bits per heavy atom. The molecule has 2 aromatic heterocycles. The van der Waals surface area contributed by atoms with Gasteiger partial charge in [0.15, 0.2) is 11.6 Å². The largest absolute Gasteiger partial charge is 0.459 e. The van der Waals surface area contributed by atoms with Gasteiger partial charge < -0.3 is 19.4 Å². The van der Waals surface area contributed by atoms with Crippen molar-refractivity contribution in [1.29, 1.82) is 0 Å². The van der Waals surface area contributed by atoms with Gasteiger partial charge in [0.2, 0.25) is 0 Å². The van der Waals surface area contributed by atoms with Crippen LogP contribution in [0.2, 0.25) is 0 Å². The molecule has 3 heterocycles. The van der Waals surface area contributed by atoms with Crippen molar-refractivity contribution >= 4 is 11.7 Å². The Kier molecular flexibility index (Phi) is 4.17. The van der Waals surface area contributed by atoms with Gasteiger partial charge in [-0.1, -0.05) is 0 Å². The SMILES string of the molecule is O=C(c1ccco1)N1CCOCC1c1nccc(NC2CCC2)n1. The Balaban J connectivity index is 1.56. The van der Waals surface area contributed by atoms with Crippen LogP contribution in [0.3, 0.4) is 0 Å². The predicted octanol–water partition coefficient (Wildman–Crippen LogP) is 2.25. The van der Waals surface area contributed by atoms with Gasteiger partial charge in [-0.3, -0.25) is 4.79 Å². The molecule has 1 saturated carbocycles. The topological polar surface area (TPSA) is 80.5 Å². The molecule has 1 saturated heterocycles. The lowest BCUT2D eigenvalue weighted by molar-refractivity contribution is -0.00672. The van der Waals surface area contributed by atoms with Crippen molar-refractivity contribution in [2.75, 3.05) is 25.1 Å². The monoisotopic (exact) mass is 328 g/mol. The molecule has 0 aromatic carbocycles. The molecule has 2 aliphatic rings. The summed E-state index contributed by atoms with van der Waals surface area (Å²) < 4.78 is 10.8. The van der Waals surface area contributed by atoms with E-state index in [1.165, 1.54) is 25.5 Å². The fourth-order valence-corrected chi connectivity index (χ4v) is 2.98. The number of carbonyl (C=O) groups is 1. The molecular formula is C17H20N4O3. The second-order valence-electron chi connectivity index (χ2n) is 6.14. The normalized spacial score (nSPS) is 21.3. The molecule has 1 amide bonds. The molecule has 0 radical (unpaired) electrons. The molecule has 7 heteroatoms. The number of amides is 1. The van der Waals surface area contributed by atoms with Gasteiger partial charge in [0.1, 0.15) is 11.9 Å². The molecule has 0 spiro atoms. The van der Waals surface area contributed by atoms with Crippen LogP contribution in [-0.4, -0.2) is 46.6 Å². The third-order valence-electron chi connectivity index (χ3n) is 4.55. The van der Waals surface area contributed by atoms with Crippen LogP contribution in [0.5, 0.6) is 0 Å². The zero-order valence-corrected chi connectivity index (χ0v) is 13.4. The molecule has 126 valence electrons. The number of aromatic nitrogens is 2. The summed E-state index contributed by atoms with van der Waals surface area (Å²) in [6.45, 7) is 1.39. The van der Waals surface area contributed by atoms with E-state index in [1.807, 2.05) is 6.07 Å². The summed E-state index contributed by atoms with van der Waals surface area (Å²) in [5, 5.41) is 3.42. The highest BCUT2D eigenvalue weighted by atomic mass is 16.5. The van der Waals surface area contributed by atoms with Gasteiger partial charge in [-0.05, 0) is 37.5 Å². The van der Waals surface area contributed by atoms with Crippen LogP contribution >= 0.6 is 0 Å². The highest BCUT2D eigenvalue weighted by Gasteiger charge is 2.32. The van der Waals surface area contributed by atoms with E-state index in [1.54, 1.807) is 23.2 Å². The quantitative estimate of drug-likeness (QED) is 0.927. The van der Waals surface area contributed by atoms with Crippen molar-refractivity contribution in [3.8, 4) is 0 Å². The van der Waals surface area contributed by atoms with E-state index in [2.05, 4.69) is 15.3 Å². The summed E-state index contributed by atoms with van der Waals surface area (Å²) >= 11 is 0. The first-order valence-corrected chi connectivity index (χ1v) is 8.33. The minimum Gasteiger partial charge on any atom is -0.459 e. The van der Waals surface area contributed by atoms with E-state index in [0.717, 1.165) is 5.82 Å². The van der Waals surface area contributed by atoms with Crippen molar-refractivity contribution in [3.63, 3.8) is 0 Å². The lowest BCUT2D eigenvalue weighted by Crippen LogP contribution is -2.44. The minimum absolute atomic E-state index is 0.158. The van der Waals surface area contributed by atoms with E-state index in [0.29, 0.717) is 37.4 Å². The van der Waals surface area contributed by atoms with Crippen LogP contribution in [-0.2, 0) is 4.74 Å². The first kappa shape index (κ1) is 15.1. The molecule has 1 aliphatic heterocycles. The Hall–Kier alpha value is -2.41. The molecule has 1 unspecified atom stereocenters. The van der Waals surface area contributed by atoms with Crippen LogP contribution in [0.15, 0.2) is 35.1 Å². The predicted molar refractivity (Wildman–Crippen MR) is 86.6 cm³/mol. The van der Waals surface area contributed by atoms with Crippen molar-refractivity contribution in [3.05, 3.63) is 42.2 Å². The second-order valence-corrected chi connectivity index (χ2v) is 6.14. The Labute approximate surface area is 140 Å². The number of furan rings is 1. The summed E-state index contributed by atoms with van der Waals surface area (Å²) in [6.07, 6.45) is 6.84. The molecule has 1 atom stereocenters. The van der Waals surface area contributed by atoms with Gasteiger partial charge in [0, 0.05) is 18.8 Å². The van der Waals surface area contributed by atoms with Crippen LogP contribution in [0.4, 0.5) is 5.82 Å². The highest BCUT2D eigenvalue weighted by molar-refractivity contribution is 5.91. The lowest BCUT2D eigenvalue weighted by Gasteiger charge is -2.34. The van der Waals surface area contributed by atoms with Crippen LogP contribution < -0.4 is 5.32 Å². The lowest BCUT2D eigenvalue weighted by atomic mass is 9.93. The first-order valence-electron chi connectivity index (χ1n) is 8.33. The molecule has 24 heavy (non-hydrogen) atoms. The second kappa shape index (κ2) is 6.60. The van der Waals surface area contributed by atoms with Crippen molar-refractivity contribution in [2.45, 2.75) is 31.3 Å². The molecule has 7 nitrogen and oxygen atoms in total. The summed E-state index contributed by atoms with van der Waals surface area (Å²) in [5.74, 6) is 1.57. The maximum atomic E-state index is 12.7. The molecule has 2 aromatic rings. The average molecular weight is 328 g/mol. The molecule has 0 bridgehead atoms. The number of nitrogens with one attached hydrogen (secondary N) is 1. The number of ether oxygens (including phenoxy) is 1. The number of hydrogen-bond acceptors (Lipinski definition) is 6. The molecule has 2 fully saturated rings. The summed E-state index contributed by atoms with van der Waals surface area (Å²) in [4.78, 5) is 23.4. The standard InChI is InChI=1S/C17H20N4O3/c22-17(14-5-2-9-24-14)21-8-10-23-11-13(21)16-18-7-6-15(20-16)19-12-3-1-4-12/h2,5-7,9,12-13H,1,3-4,8,10-11H2,(H,18,19,20).